The topological polar surface area (TPSA) is 82.1 Å². The molecule has 0 saturated carbocycles. The van der Waals surface area contributed by atoms with Gasteiger partial charge >= 0.3 is 0 Å². The second-order valence-corrected chi connectivity index (χ2v) is 6.41. The van der Waals surface area contributed by atoms with Crippen LogP contribution in [0.25, 0.3) is 0 Å². The maximum atomic E-state index is 13.1. The average molecular weight is 332 g/mol. The first-order valence-electron chi connectivity index (χ1n) is 7.19. The van der Waals surface area contributed by atoms with E-state index in [4.69, 9.17) is 0 Å². The van der Waals surface area contributed by atoms with Crippen molar-refractivity contribution in [1.29, 1.82) is 0 Å². The number of hydrazone groups is 1. The molecule has 3 rings (SSSR count). The fourth-order valence-corrected chi connectivity index (χ4v) is 4.21. The molecule has 1 atom stereocenters. The minimum atomic E-state index is -1.28. The van der Waals surface area contributed by atoms with Crippen molar-refractivity contribution in [3.63, 3.8) is 0 Å². The molecule has 2 aliphatic rings. The summed E-state index contributed by atoms with van der Waals surface area (Å²) in [6, 6.07) is 7.34. The Morgan fingerprint density at radius 3 is 2.61 bits per heavy atom. The standard InChI is InChI=1S/C15H16N4O3S/c1-4-18-12-8-6-5-7-11(12)15(13(18)22)19(10(3)21)17-14(23-15)16-9(2)20/h5-8H,4H2,1-3H3,(H,16,17,20). The number of anilines is 1. The molecule has 1 unspecified atom stereocenters. The van der Waals surface area contributed by atoms with Crippen LogP contribution in [0.3, 0.4) is 0 Å². The Morgan fingerprint density at radius 2 is 2.00 bits per heavy atom. The number of carbonyl (C=O) groups is 3. The number of para-hydroxylation sites is 1. The van der Waals surface area contributed by atoms with Crippen LogP contribution in [0.15, 0.2) is 29.4 Å². The van der Waals surface area contributed by atoms with E-state index in [0.717, 1.165) is 17.4 Å². The number of thioether (sulfide) groups is 1. The summed E-state index contributed by atoms with van der Waals surface area (Å²) in [5, 5.41) is 8.15. The number of hydrogen-bond acceptors (Lipinski definition) is 5. The van der Waals surface area contributed by atoms with Crippen molar-refractivity contribution >= 4 is 40.3 Å². The first kappa shape index (κ1) is 15.5. The molecule has 0 aromatic heterocycles. The summed E-state index contributed by atoms with van der Waals surface area (Å²) in [5.41, 5.74) is 1.47. The SMILES string of the molecule is CCN1C(=O)C2(SC(NC(C)=O)=NN2C(C)=O)c2ccccc21. The van der Waals surface area contributed by atoms with Gasteiger partial charge in [0.25, 0.3) is 5.91 Å². The Kier molecular flexibility index (Phi) is 3.63. The second kappa shape index (κ2) is 5.38. The lowest BCUT2D eigenvalue weighted by molar-refractivity contribution is -0.139. The number of benzene rings is 1. The fourth-order valence-electron chi connectivity index (χ4n) is 2.88. The Morgan fingerprint density at radius 1 is 1.30 bits per heavy atom. The summed E-state index contributed by atoms with van der Waals surface area (Å²) < 4.78 is 0. The molecule has 1 aromatic rings. The van der Waals surface area contributed by atoms with Crippen LogP contribution in [0.4, 0.5) is 5.69 Å². The van der Waals surface area contributed by atoms with Gasteiger partial charge in [-0.15, -0.1) is 5.10 Å². The third-order valence-corrected chi connectivity index (χ3v) is 4.97. The molecule has 1 spiro atoms. The van der Waals surface area contributed by atoms with E-state index in [1.165, 1.54) is 18.9 Å². The molecule has 0 radical (unpaired) electrons. The number of carbonyl (C=O) groups excluding carboxylic acids is 3. The molecule has 0 saturated heterocycles. The molecule has 8 heteroatoms. The predicted molar refractivity (Wildman–Crippen MR) is 87.5 cm³/mol. The van der Waals surface area contributed by atoms with Crippen molar-refractivity contribution in [2.75, 3.05) is 11.4 Å². The fraction of sp³-hybridized carbons (Fsp3) is 0.333. The van der Waals surface area contributed by atoms with E-state index in [1.807, 2.05) is 31.2 Å². The molecular weight excluding hydrogens is 316 g/mol. The van der Waals surface area contributed by atoms with Crippen LogP contribution in [0.2, 0.25) is 0 Å². The third kappa shape index (κ3) is 2.13. The zero-order valence-corrected chi connectivity index (χ0v) is 13.8. The van der Waals surface area contributed by atoms with Crippen LogP contribution < -0.4 is 10.2 Å². The highest BCUT2D eigenvalue weighted by atomic mass is 32.2. The number of nitrogens with one attached hydrogen (secondary N) is 1. The van der Waals surface area contributed by atoms with Crippen LogP contribution in [-0.4, -0.2) is 34.4 Å². The van der Waals surface area contributed by atoms with Gasteiger partial charge in [-0.2, -0.15) is 5.01 Å². The smallest absolute Gasteiger partial charge is 0.270 e. The van der Waals surface area contributed by atoms with Gasteiger partial charge in [0.05, 0.1) is 5.69 Å². The summed E-state index contributed by atoms with van der Waals surface area (Å²) in [6.45, 7) is 5.07. The van der Waals surface area contributed by atoms with Crippen molar-refractivity contribution < 1.29 is 14.4 Å². The molecule has 1 N–H and O–H groups in total. The molecule has 0 fully saturated rings. The van der Waals surface area contributed by atoms with E-state index in [1.54, 1.807) is 4.90 Å². The quantitative estimate of drug-likeness (QED) is 0.838. The molecule has 2 aliphatic heterocycles. The Balaban J connectivity index is 2.15. The summed E-state index contributed by atoms with van der Waals surface area (Å²) in [5.74, 6) is -0.896. The van der Waals surface area contributed by atoms with Crippen LogP contribution in [0, 0.1) is 0 Å². The monoisotopic (exact) mass is 332 g/mol. The van der Waals surface area contributed by atoms with Crippen LogP contribution in [0.5, 0.6) is 0 Å². The molecule has 0 aliphatic carbocycles. The van der Waals surface area contributed by atoms with Crippen molar-refractivity contribution in [3.05, 3.63) is 29.8 Å². The highest BCUT2D eigenvalue weighted by molar-refractivity contribution is 8.15. The summed E-state index contributed by atoms with van der Waals surface area (Å²) in [4.78, 5) is 36.9. The molecule has 7 nitrogen and oxygen atoms in total. The normalized spacial score (nSPS) is 22.4. The minimum absolute atomic E-state index is 0.231. The van der Waals surface area contributed by atoms with Gasteiger partial charge in [-0.1, -0.05) is 18.2 Å². The number of nitrogens with zero attached hydrogens (tertiary/aromatic N) is 3. The highest BCUT2D eigenvalue weighted by Crippen LogP contribution is 2.54. The Labute approximate surface area is 137 Å². The van der Waals surface area contributed by atoms with Gasteiger partial charge in [-0.05, 0) is 24.8 Å². The molecule has 23 heavy (non-hydrogen) atoms. The maximum Gasteiger partial charge on any atom is 0.270 e. The molecule has 0 bridgehead atoms. The van der Waals surface area contributed by atoms with E-state index >= 15 is 0 Å². The number of hydrogen-bond donors (Lipinski definition) is 1. The van der Waals surface area contributed by atoms with Crippen LogP contribution in [-0.2, 0) is 19.3 Å². The largest absolute Gasteiger partial charge is 0.309 e. The van der Waals surface area contributed by atoms with Gasteiger partial charge in [0, 0.05) is 26.0 Å². The average Bonchev–Trinajstić information content (AvgIpc) is 2.98. The number of amides is 3. The number of rotatable bonds is 1. The first-order valence-corrected chi connectivity index (χ1v) is 8.01. The molecular formula is C15H16N4O3S. The van der Waals surface area contributed by atoms with Gasteiger partial charge in [-0.25, -0.2) is 0 Å². The lowest BCUT2D eigenvalue weighted by atomic mass is 10.1. The van der Waals surface area contributed by atoms with Gasteiger partial charge in [0.15, 0.2) is 5.17 Å². The van der Waals surface area contributed by atoms with E-state index in [9.17, 15) is 14.4 Å². The van der Waals surface area contributed by atoms with E-state index < -0.39 is 4.87 Å². The lowest BCUT2D eigenvalue weighted by Crippen LogP contribution is -2.48. The Bertz CT molecular complexity index is 748. The summed E-state index contributed by atoms with van der Waals surface area (Å²) >= 11 is 1.09. The van der Waals surface area contributed by atoms with Gasteiger partial charge in [0.2, 0.25) is 16.7 Å². The number of likely N-dealkylation sites (N-methyl/N-ethyl adjacent to an activating group) is 1. The van der Waals surface area contributed by atoms with Gasteiger partial charge in [-0.3, -0.25) is 14.4 Å². The van der Waals surface area contributed by atoms with Gasteiger partial charge < -0.3 is 10.2 Å². The van der Waals surface area contributed by atoms with Crippen molar-refractivity contribution in [1.82, 2.24) is 10.3 Å². The predicted octanol–water partition coefficient (Wildman–Crippen LogP) is 1.21. The first-order chi connectivity index (χ1) is 10.9. The highest BCUT2D eigenvalue weighted by Gasteiger charge is 2.60. The third-order valence-electron chi connectivity index (χ3n) is 3.73. The van der Waals surface area contributed by atoms with Crippen LogP contribution in [0.1, 0.15) is 26.3 Å². The van der Waals surface area contributed by atoms with Gasteiger partial charge in [0.1, 0.15) is 0 Å². The minimum Gasteiger partial charge on any atom is -0.309 e. The lowest BCUT2D eigenvalue weighted by Gasteiger charge is -2.29. The number of fused-ring (bicyclic) bond motifs is 2. The van der Waals surface area contributed by atoms with E-state index in [-0.39, 0.29) is 22.9 Å². The van der Waals surface area contributed by atoms with Crippen LogP contribution >= 0.6 is 11.8 Å². The van der Waals surface area contributed by atoms with Crippen molar-refractivity contribution in [3.8, 4) is 0 Å². The van der Waals surface area contributed by atoms with Crippen molar-refractivity contribution in [2.24, 2.45) is 5.10 Å². The Hall–Kier alpha value is -2.35. The second-order valence-electron chi connectivity index (χ2n) is 5.23. The van der Waals surface area contributed by atoms with E-state index in [0.29, 0.717) is 12.1 Å². The summed E-state index contributed by atoms with van der Waals surface area (Å²) in [7, 11) is 0. The zero-order valence-electron chi connectivity index (χ0n) is 13.0. The van der Waals surface area contributed by atoms with Crippen molar-refractivity contribution in [2.45, 2.75) is 25.6 Å². The summed E-state index contributed by atoms with van der Waals surface area (Å²) in [6.07, 6.45) is 0. The molecule has 1 aromatic carbocycles. The number of amidine groups is 1. The molecule has 3 amide bonds. The van der Waals surface area contributed by atoms with E-state index in [2.05, 4.69) is 10.4 Å². The maximum absolute atomic E-state index is 13.1. The zero-order chi connectivity index (χ0) is 16.8. The molecule has 2 heterocycles. The molecule has 120 valence electrons.